The van der Waals surface area contributed by atoms with E-state index in [0.717, 1.165) is 0 Å². The zero-order chi connectivity index (χ0) is 12.8. The van der Waals surface area contributed by atoms with Gasteiger partial charge in [-0.15, -0.1) is 0 Å². The van der Waals surface area contributed by atoms with Crippen LogP contribution in [-0.4, -0.2) is 23.9 Å². The summed E-state index contributed by atoms with van der Waals surface area (Å²) >= 11 is 5.61. The molecule has 0 saturated carbocycles. The Morgan fingerprint density at radius 2 is 2.29 bits per heavy atom. The van der Waals surface area contributed by atoms with Crippen molar-refractivity contribution in [2.75, 3.05) is 13.1 Å². The van der Waals surface area contributed by atoms with E-state index in [1.54, 1.807) is 0 Å². The van der Waals surface area contributed by atoms with Crippen molar-refractivity contribution in [1.82, 2.24) is 4.90 Å². The van der Waals surface area contributed by atoms with Crippen LogP contribution >= 0.6 is 11.6 Å². The SMILES string of the molecule is CCCN(CC#N)C(=O)c1cccc(Cl)c1F. The molecule has 0 fully saturated rings. The monoisotopic (exact) mass is 254 g/mol. The summed E-state index contributed by atoms with van der Waals surface area (Å²) in [4.78, 5) is 13.3. The zero-order valence-electron chi connectivity index (χ0n) is 9.41. The first-order valence-corrected chi connectivity index (χ1v) is 5.59. The molecular formula is C12H12ClFN2O. The maximum absolute atomic E-state index is 13.6. The normalized spacial score (nSPS) is 9.76. The van der Waals surface area contributed by atoms with E-state index < -0.39 is 11.7 Å². The average Bonchev–Trinajstić information content (AvgIpc) is 2.31. The van der Waals surface area contributed by atoms with Gasteiger partial charge in [-0.1, -0.05) is 24.6 Å². The second-order valence-corrected chi connectivity index (χ2v) is 3.89. The summed E-state index contributed by atoms with van der Waals surface area (Å²) in [5, 5.41) is 8.53. The average molecular weight is 255 g/mol. The highest BCUT2D eigenvalue weighted by molar-refractivity contribution is 6.31. The minimum atomic E-state index is -0.738. The number of amides is 1. The second-order valence-electron chi connectivity index (χ2n) is 3.49. The summed E-state index contributed by atoms with van der Waals surface area (Å²) in [6, 6.07) is 6.14. The molecule has 0 bridgehead atoms. The van der Waals surface area contributed by atoms with E-state index in [0.29, 0.717) is 13.0 Å². The fourth-order valence-electron chi connectivity index (χ4n) is 1.45. The molecule has 1 amide bonds. The van der Waals surface area contributed by atoms with E-state index in [1.165, 1.54) is 23.1 Å². The number of rotatable bonds is 4. The van der Waals surface area contributed by atoms with Crippen LogP contribution in [0.4, 0.5) is 4.39 Å². The molecule has 0 spiro atoms. The second kappa shape index (κ2) is 6.21. The maximum Gasteiger partial charge on any atom is 0.257 e. The molecule has 0 heterocycles. The fraction of sp³-hybridized carbons (Fsp3) is 0.333. The molecule has 0 N–H and O–H groups in total. The van der Waals surface area contributed by atoms with Crippen molar-refractivity contribution in [2.45, 2.75) is 13.3 Å². The van der Waals surface area contributed by atoms with Crippen molar-refractivity contribution in [1.29, 1.82) is 5.26 Å². The van der Waals surface area contributed by atoms with Gasteiger partial charge >= 0.3 is 0 Å². The molecule has 0 atom stereocenters. The zero-order valence-corrected chi connectivity index (χ0v) is 10.2. The number of nitrogens with zero attached hydrogens (tertiary/aromatic N) is 2. The minimum Gasteiger partial charge on any atom is -0.325 e. The number of hydrogen-bond donors (Lipinski definition) is 0. The number of halogens is 2. The van der Waals surface area contributed by atoms with E-state index in [4.69, 9.17) is 16.9 Å². The van der Waals surface area contributed by atoms with Crippen LogP contribution in [0.15, 0.2) is 18.2 Å². The van der Waals surface area contributed by atoms with E-state index in [2.05, 4.69) is 0 Å². The minimum absolute atomic E-state index is 0.0569. The standard InChI is InChI=1S/C12H12ClFN2O/c1-2-7-16(8-6-15)12(17)9-4-3-5-10(13)11(9)14/h3-5H,2,7-8H2,1H3. The molecule has 0 saturated heterocycles. The number of benzene rings is 1. The van der Waals surface area contributed by atoms with E-state index in [1.807, 2.05) is 13.0 Å². The molecule has 0 aliphatic carbocycles. The van der Waals surface area contributed by atoms with E-state index >= 15 is 0 Å². The van der Waals surface area contributed by atoms with Gasteiger partial charge in [0.1, 0.15) is 6.54 Å². The van der Waals surface area contributed by atoms with Gasteiger partial charge in [0.05, 0.1) is 16.7 Å². The van der Waals surface area contributed by atoms with Gasteiger partial charge in [-0.2, -0.15) is 5.26 Å². The highest BCUT2D eigenvalue weighted by Crippen LogP contribution is 2.19. The maximum atomic E-state index is 13.6. The number of hydrogen-bond acceptors (Lipinski definition) is 2. The van der Waals surface area contributed by atoms with Crippen LogP contribution in [-0.2, 0) is 0 Å². The van der Waals surface area contributed by atoms with Crippen LogP contribution in [0.25, 0.3) is 0 Å². The van der Waals surface area contributed by atoms with Crippen molar-refractivity contribution in [3.8, 4) is 6.07 Å². The molecular weight excluding hydrogens is 243 g/mol. The third kappa shape index (κ3) is 3.18. The Hall–Kier alpha value is -1.60. The van der Waals surface area contributed by atoms with E-state index in [-0.39, 0.29) is 17.1 Å². The van der Waals surface area contributed by atoms with Crippen LogP contribution in [0, 0.1) is 17.1 Å². The van der Waals surface area contributed by atoms with Gasteiger partial charge in [-0.3, -0.25) is 4.79 Å². The third-order valence-electron chi connectivity index (χ3n) is 2.22. The summed E-state index contributed by atoms with van der Waals surface area (Å²) in [5.74, 6) is -1.24. The van der Waals surface area contributed by atoms with Crippen molar-refractivity contribution in [2.24, 2.45) is 0 Å². The Bertz CT molecular complexity index is 456. The summed E-state index contributed by atoms with van der Waals surface area (Å²) in [6.07, 6.45) is 0.704. The lowest BCUT2D eigenvalue weighted by molar-refractivity contribution is 0.0771. The van der Waals surface area contributed by atoms with Crippen LogP contribution in [0.2, 0.25) is 5.02 Å². The topological polar surface area (TPSA) is 44.1 Å². The molecule has 5 heteroatoms. The Kier molecular flexibility index (Phi) is 4.92. The Morgan fingerprint density at radius 3 is 2.88 bits per heavy atom. The molecule has 0 aromatic heterocycles. The van der Waals surface area contributed by atoms with Crippen molar-refractivity contribution in [3.63, 3.8) is 0 Å². The summed E-state index contributed by atoms with van der Waals surface area (Å²) in [5.41, 5.74) is -0.0961. The van der Waals surface area contributed by atoms with Gasteiger partial charge in [0.2, 0.25) is 0 Å². The molecule has 1 aromatic rings. The molecule has 1 aromatic carbocycles. The van der Waals surface area contributed by atoms with Crippen LogP contribution in [0.3, 0.4) is 0 Å². The van der Waals surface area contributed by atoms with Gasteiger partial charge in [0.25, 0.3) is 5.91 Å². The summed E-state index contributed by atoms with van der Waals surface area (Å²) in [6.45, 7) is 2.24. The lowest BCUT2D eigenvalue weighted by Gasteiger charge is -2.19. The van der Waals surface area contributed by atoms with Crippen LogP contribution in [0.5, 0.6) is 0 Å². The van der Waals surface area contributed by atoms with Gasteiger partial charge < -0.3 is 4.90 Å². The highest BCUT2D eigenvalue weighted by Gasteiger charge is 2.19. The Balaban J connectivity index is 3.01. The van der Waals surface area contributed by atoms with Gasteiger partial charge in [0, 0.05) is 6.54 Å². The van der Waals surface area contributed by atoms with Gasteiger partial charge in [-0.05, 0) is 18.6 Å². The predicted octanol–water partition coefficient (Wildman–Crippen LogP) is 2.85. The van der Waals surface area contributed by atoms with Crippen LogP contribution in [0.1, 0.15) is 23.7 Å². The smallest absolute Gasteiger partial charge is 0.257 e. The molecule has 0 unspecified atom stereocenters. The fourth-order valence-corrected chi connectivity index (χ4v) is 1.62. The predicted molar refractivity (Wildman–Crippen MR) is 63.2 cm³/mol. The largest absolute Gasteiger partial charge is 0.325 e. The first-order valence-electron chi connectivity index (χ1n) is 5.22. The Morgan fingerprint density at radius 1 is 1.59 bits per heavy atom. The number of nitriles is 1. The lowest BCUT2D eigenvalue weighted by atomic mass is 10.2. The molecule has 1 rings (SSSR count). The molecule has 0 aliphatic rings. The van der Waals surface area contributed by atoms with Crippen molar-refractivity contribution >= 4 is 17.5 Å². The lowest BCUT2D eigenvalue weighted by Crippen LogP contribution is -2.32. The molecule has 90 valence electrons. The third-order valence-corrected chi connectivity index (χ3v) is 2.52. The molecule has 0 aliphatic heterocycles. The molecule has 3 nitrogen and oxygen atoms in total. The quantitative estimate of drug-likeness (QED) is 0.776. The first kappa shape index (κ1) is 13.5. The number of carbonyl (C=O) groups excluding carboxylic acids is 1. The van der Waals surface area contributed by atoms with Crippen molar-refractivity contribution < 1.29 is 9.18 Å². The van der Waals surface area contributed by atoms with Crippen molar-refractivity contribution in [3.05, 3.63) is 34.6 Å². The number of carbonyl (C=O) groups is 1. The summed E-state index contributed by atoms with van der Waals surface area (Å²) < 4.78 is 13.6. The summed E-state index contributed by atoms with van der Waals surface area (Å²) in [7, 11) is 0. The Labute approximate surface area is 104 Å². The van der Waals surface area contributed by atoms with Crippen LogP contribution < -0.4 is 0 Å². The first-order chi connectivity index (χ1) is 8.11. The molecule has 17 heavy (non-hydrogen) atoms. The van der Waals surface area contributed by atoms with Gasteiger partial charge in [0.15, 0.2) is 5.82 Å². The van der Waals surface area contributed by atoms with E-state index in [9.17, 15) is 9.18 Å². The highest BCUT2D eigenvalue weighted by atomic mass is 35.5. The molecule has 0 radical (unpaired) electrons. The van der Waals surface area contributed by atoms with Gasteiger partial charge in [-0.25, -0.2) is 4.39 Å².